The number of fused-ring (bicyclic) bond motifs is 1. The van der Waals surface area contributed by atoms with Crippen LogP contribution in [0.3, 0.4) is 0 Å². The Kier molecular flexibility index (Phi) is 5.23. The Hall–Kier alpha value is -4.57. The summed E-state index contributed by atoms with van der Waals surface area (Å²) in [5, 5.41) is 39.0. The van der Waals surface area contributed by atoms with Crippen molar-refractivity contribution in [3.63, 3.8) is 0 Å². The maximum absolute atomic E-state index is 13.3. The molecule has 1 N–H and O–H groups in total. The Morgan fingerprint density at radius 3 is 2.69 bits per heavy atom. The van der Waals surface area contributed by atoms with E-state index in [1.807, 2.05) is 24.4 Å². The highest BCUT2D eigenvalue weighted by molar-refractivity contribution is 6.31. The maximum Gasteiger partial charge on any atom is 0.335 e. The minimum absolute atomic E-state index is 0.211. The number of aromatic carboxylic acids is 1. The molecule has 178 valence electrons. The van der Waals surface area contributed by atoms with Gasteiger partial charge in [-0.3, -0.25) is 4.68 Å². The van der Waals surface area contributed by atoms with E-state index in [1.54, 1.807) is 47.3 Å². The van der Waals surface area contributed by atoms with Crippen molar-refractivity contribution in [2.24, 2.45) is 0 Å². The minimum atomic E-state index is -0.975. The van der Waals surface area contributed by atoms with Gasteiger partial charge < -0.3 is 10.3 Å². The fraction of sp³-hybridized carbons (Fsp3) is 0.120. The summed E-state index contributed by atoms with van der Waals surface area (Å²) in [4.78, 5) is 11.1. The largest absolute Gasteiger partial charge is 0.618 e. The second-order valence-corrected chi connectivity index (χ2v) is 8.94. The highest BCUT2D eigenvalue weighted by atomic mass is 35.5. The van der Waals surface area contributed by atoms with Crippen molar-refractivity contribution in [3.05, 3.63) is 100 Å². The third-order valence-electron chi connectivity index (χ3n) is 6.38. The molecule has 0 saturated heterocycles. The van der Waals surface area contributed by atoms with Gasteiger partial charge in [-0.25, -0.2) is 4.79 Å². The standard InChI is InChI=1S/C25H18ClN7O3/c26-19-6-8-22(32-14-27-29-30-32)20(12-19)18-11-17-5-7-23(24(17)33(36)13-18)31-10-9-21(28-31)15-1-3-16(4-2-15)25(34)35/h1-4,6,8-14,23H,5,7H2,(H,34,35). The van der Waals surface area contributed by atoms with Crippen LogP contribution in [0.2, 0.25) is 5.02 Å². The molecular weight excluding hydrogens is 482 g/mol. The van der Waals surface area contributed by atoms with Crippen molar-refractivity contribution in [3.8, 4) is 28.1 Å². The number of carboxylic acids is 1. The molecule has 1 unspecified atom stereocenters. The molecule has 5 aromatic rings. The number of rotatable bonds is 5. The lowest BCUT2D eigenvalue weighted by atomic mass is 10.0. The molecule has 0 aliphatic heterocycles. The zero-order valence-electron chi connectivity index (χ0n) is 18.7. The smallest absolute Gasteiger partial charge is 0.335 e. The van der Waals surface area contributed by atoms with Gasteiger partial charge in [0.05, 0.1) is 16.9 Å². The summed E-state index contributed by atoms with van der Waals surface area (Å²) >= 11 is 6.28. The van der Waals surface area contributed by atoms with Crippen LogP contribution in [0.1, 0.15) is 34.1 Å². The molecule has 3 heterocycles. The number of benzene rings is 2. The molecule has 6 rings (SSSR count). The first kappa shape index (κ1) is 21.9. The molecule has 1 aliphatic rings. The van der Waals surface area contributed by atoms with E-state index in [9.17, 15) is 10.0 Å². The highest BCUT2D eigenvalue weighted by Gasteiger charge is 2.33. The Balaban J connectivity index is 1.35. The number of carboxylic acid groups (broad SMARTS) is 1. The molecule has 0 saturated carbocycles. The van der Waals surface area contributed by atoms with Crippen molar-refractivity contribution < 1.29 is 14.6 Å². The normalized spacial score (nSPS) is 14.6. The van der Waals surface area contributed by atoms with E-state index >= 15 is 0 Å². The molecule has 0 fully saturated rings. The van der Waals surface area contributed by atoms with Crippen LogP contribution >= 0.6 is 11.6 Å². The van der Waals surface area contributed by atoms with Crippen molar-refractivity contribution in [2.75, 3.05) is 0 Å². The summed E-state index contributed by atoms with van der Waals surface area (Å²) < 4.78 is 4.24. The molecule has 1 aliphatic carbocycles. The van der Waals surface area contributed by atoms with Gasteiger partial charge in [0.1, 0.15) is 12.4 Å². The average Bonchev–Trinajstić information content (AvgIpc) is 3.64. The van der Waals surface area contributed by atoms with Crippen LogP contribution in [0.4, 0.5) is 0 Å². The number of tetrazole rings is 1. The number of carbonyl (C=O) groups is 1. The lowest BCUT2D eigenvalue weighted by Gasteiger charge is -2.14. The number of pyridine rings is 1. The van der Waals surface area contributed by atoms with Gasteiger partial charge >= 0.3 is 5.97 Å². The zero-order chi connectivity index (χ0) is 24.8. The van der Waals surface area contributed by atoms with Gasteiger partial charge in [0.15, 0.2) is 6.20 Å². The summed E-state index contributed by atoms with van der Waals surface area (Å²) in [6.45, 7) is 0. The second-order valence-electron chi connectivity index (χ2n) is 8.50. The predicted octanol–water partition coefficient (Wildman–Crippen LogP) is 3.71. The third kappa shape index (κ3) is 3.77. The fourth-order valence-electron chi connectivity index (χ4n) is 4.69. The van der Waals surface area contributed by atoms with Crippen LogP contribution in [-0.4, -0.2) is 41.1 Å². The second kappa shape index (κ2) is 8.58. The fourth-order valence-corrected chi connectivity index (χ4v) is 4.86. The minimum Gasteiger partial charge on any atom is -0.618 e. The van der Waals surface area contributed by atoms with Crippen LogP contribution in [0.5, 0.6) is 0 Å². The Morgan fingerprint density at radius 1 is 1.11 bits per heavy atom. The molecule has 2 aromatic carbocycles. The summed E-state index contributed by atoms with van der Waals surface area (Å²) in [6.07, 6.45) is 6.34. The maximum atomic E-state index is 13.3. The van der Waals surface area contributed by atoms with E-state index < -0.39 is 5.97 Å². The number of hydrogen-bond donors (Lipinski definition) is 1. The number of aryl methyl sites for hydroxylation is 1. The molecule has 0 radical (unpaired) electrons. The van der Waals surface area contributed by atoms with Crippen molar-refractivity contribution >= 4 is 17.6 Å². The SMILES string of the molecule is O=C(O)c1ccc(-c2ccn(C3CCc4cc(-c5cc(Cl)ccc5-n5cnnn5)c[n+]([O-])c43)n2)cc1. The van der Waals surface area contributed by atoms with Crippen molar-refractivity contribution in [2.45, 2.75) is 18.9 Å². The first-order valence-corrected chi connectivity index (χ1v) is 11.5. The van der Waals surface area contributed by atoms with Gasteiger partial charge in [0.2, 0.25) is 5.69 Å². The molecule has 36 heavy (non-hydrogen) atoms. The Bertz CT molecular complexity index is 1600. The summed E-state index contributed by atoms with van der Waals surface area (Å²) in [6, 6.07) is 15.6. The first-order valence-electron chi connectivity index (χ1n) is 11.2. The van der Waals surface area contributed by atoms with Gasteiger partial charge in [-0.15, -0.1) is 5.10 Å². The van der Waals surface area contributed by atoms with Crippen LogP contribution < -0.4 is 4.73 Å². The third-order valence-corrected chi connectivity index (χ3v) is 6.61. The molecule has 10 nitrogen and oxygen atoms in total. The number of hydrogen-bond acceptors (Lipinski definition) is 6. The summed E-state index contributed by atoms with van der Waals surface area (Å²) in [5.74, 6) is -0.975. The van der Waals surface area contributed by atoms with Crippen molar-refractivity contribution in [1.29, 1.82) is 0 Å². The van der Waals surface area contributed by atoms with E-state index in [-0.39, 0.29) is 11.6 Å². The van der Waals surface area contributed by atoms with E-state index in [0.717, 1.165) is 39.8 Å². The first-order chi connectivity index (χ1) is 17.5. The predicted molar refractivity (Wildman–Crippen MR) is 130 cm³/mol. The molecule has 0 amide bonds. The van der Waals surface area contributed by atoms with Crippen LogP contribution in [-0.2, 0) is 6.42 Å². The number of aromatic nitrogens is 7. The van der Waals surface area contributed by atoms with E-state index in [0.29, 0.717) is 22.1 Å². The van der Waals surface area contributed by atoms with Crippen LogP contribution in [0, 0.1) is 5.21 Å². The molecule has 1 atom stereocenters. The van der Waals surface area contributed by atoms with Crippen LogP contribution in [0.15, 0.2) is 73.3 Å². The topological polar surface area (TPSA) is 126 Å². The van der Waals surface area contributed by atoms with Gasteiger partial charge in [0, 0.05) is 33.5 Å². The molecule has 0 spiro atoms. The number of nitrogens with zero attached hydrogens (tertiary/aromatic N) is 7. The molecule has 11 heteroatoms. The highest BCUT2D eigenvalue weighted by Crippen LogP contribution is 2.36. The molecule has 3 aromatic heterocycles. The number of halogens is 1. The zero-order valence-corrected chi connectivity index (χ0v) is 19.4. The summed E-state index contributed by atoms with van der Waals surface area (Å²) in [5.41, 5.74) is 5.50. The van der Waals surface area contributed by atoms with E-state index in [4.69, 9.17) is 21.8 Å². The van der Waals surface area contributed by atoms with E-state index in [1.165, 1.54) is 11.0 Å². The van der Waals surface area contributed by atoms with Crippen molar-refractivity contribution in [1.82, 2.24) is 30.0 Å². The van der Waals surface area contributed by atoms with Gasteiger partial charge in [0.25, 0.3) is 0 Å². The average molecular weight is 500 g/mol. The molecule has 0 bridgehead atoms. The lowest BCUT2D eigenvalue weighted by molar-refractivity contribution is -0.615. The van der Waals surface area contributed by atoms with Gasteiger partial charge in [-0.05, 0) is 65.7 Å². The van der Waals surface area contributed by atoms with Gasteiger partial charge in [-0.2, -0.15) is 14.5 Å². The Morgan fingerprint density at radius 2 is 1.94 bits per heavy atom. The monoisotopic (exact) mass is 499 g/mol. The van der Waals surface area contributed by atoms with E-state index in [2.05, 4.69) is 15.5 Å². The van der Waals surface area contributed by atoms with Crippen LogP contribution in [0.25, 0.3) is 28.1 Å². The Labute approximate surface area is 209 Å². The lowest BCUT2D eigenvalue weighted by Crippen LogP contribution is -2.34. The summed E-state index contributed by atoms with van der Waals surface area (Å²) in [7, 11) is 0. The quantitative estimate of drug-likeness (QED) is 0.288. The van der Waals surface area contributed by atoms with Gasteiger partial charge in [-0.1, -0.05) is 23.7 Å². The molecular formula is C25H18ClN7O3.